The highest BCUT2D eigenvalue weighted by Gasteiger charge is 2.47. The summed E-state index contributed by atoms with van der Waals surface area (Å²) in [5, 5.41) is 10.2. The first-order chi connectivity index (χ1) is 9.72. The summed E-state index contributed by atoms with van der Waals surface area (Å²) >= 11 is 0. The molecule has 1 N–H and O–H groups in total. The minimum Gasteiger partial charge on any atom is -0.463 e. The van der Waals surface area contributed by atoms with E-state index in [1.54, 1.807) is 6.92 Å². The number of hydrogen-bond acceptors (Lipinski definition) is 8. The maximum Gasteiger partial charge on any atom is 0.303 e. The second-order valence-corrected chi connectivity index (χ2v) is 4.82. The predicted octanol–water partition coefficient (Wildman–Crippen LogP) is -0.439. The number of rotatable bonds is 4. The van der Waals surface area contributed by atoms with Crippen molar-refractivity contribution in [2.75, 3.05) is 6.61 Å². The van der Waals surface area contributed by atoms with Gasteiger partial charge in [-0.1, -0.05) is 0 Å². The average Bonchev–Trinajstić information content (AvgIpc) is 2.35. The molecule has 21 heavy (non-hydrogen) atoms. The summed E-state index contributed by atoms with van der Waals surface area (Å²) in [6, 6.07) is 0. The monoisotopic (exact) mass is 304 g/mol. The molecule has 5 atom stereocenters. The molecule has 0 radical (unpaired) electrons. The average molecular weight is 304 g/mol. The number of hydrogen-bond donors (Lipinski definition) is 1. The molecule has 120 valence electrons. The van der Waals surface area contributed by atoms with Crippen molar-refractivity contribution in [1.82, 2.24) is 0 Å². The van der Waals surface area contributed by atoms with Gasteiger partial charge in [-0.2, -0.15) is 0 Å². The molecule has 0 aromatic rings. The van der Waals surface area contributed by atoms with Crippen LogP contribution in [0.1, 0.15) is 27.7 Å². The number of esters is 3. The van der Waals surface area contributed by atoms with Crippen molar-refractivity contribution in [2.24, 2.45) is 0 Å². The highest BCUT2D eigenvalue weighted by Crippen LogP contribution is 2.26. The smallest absolute Gasteiger partial charge is 0.303 e. The standard InChI is InChI=1S/C13H20O8/c1-6-12(20-8(3)15)13(21-9(4)16)11(17)10(19-6)5-18-7(2)14/h6,10-13,17H,5H2,1-4H3. The van der Waals surface area contributed by atoms with Crippen LogP contribution in [0.4, 0.5) is 0 Å². The lowest BCUT2D eigenvalue weighted by molar-refractivity contribution is -0.243. The van der Waals surface area contributed by atoms with E-state index in [0.29, 0.717) is 0 Å². The molecule has 0 saturated carbocycles. The third-order valence-corrected chi connectivity index (χ3v) is 2.95. The Morgan fingerprint density at radius 2 is 1.52 bits per heavy atom. The van der Waals surface area contributed by atoms with Crippen LogP contribution in [0.3, 0.4) is 0 Å². The molecular formula is C13H20O8. The first kappa shape index (κ1) is 17.4. The van der Waals surface area contributed by atoms with Gasteiger partial charge >= 0.3 is 17.9 Å². The fraction of sp³-hybridized carbons (Fsp3) is 0.769. The Balaban J connectivity index is 2.87. The fourth-order valence-electron chi connectivity index (χ4n) is 2.13. The molecule has 1 aliphatic rings. The first-order valence-corrected chi connectivity index (χ1v) is 6.53. The van der Waals surface area contributed by atoms with E-state index in [-0.39, 0.29) is 6.61 Å². The molecule has 1 fully saturated rings. The Morgan fingerprint density at radius 1 is 1.00 bits per heavy atom. The number of ether oxygens (including phenoxy) is 4. The second kappa shape index (κ2) is 7.37. The first-order valence-electron chi connectivity index (χ1n) is 6.53. The number of carbonyl (C=O) groups is 3. The van der Waals surface area contributed by atoms with Gasteiger partial charge in [0.05, 0.1) is 6.10 Å². The van der Waals surface area contributed by atoms with E-state index in [1.807, 2.05) is 0 Å². The number of aliphatic hydroxyl groups is 1. The van der Waals surface area contributed by atoms with Gasteiger partial charge in [0.1, 0.15) is 18.8 Å². The van der Waals surface area contributed by atoms with E-state index in [2.05, 4.69) is 0 Å². The van der Waals surface area contributed by atoms with Crippen molar-refractivity contribution in [1.29, 1.82) is 0 Å². The van der Waals surface area contributed by atoms with Crippen LogP contribution in [0, 0.1) is 0 Å². The minimum atomic E-state index is -1.28. The van der Waals surface area contributed by atoms with Crippen LogP contribution in [-0.2, 0) is 33.3 Å². The van der Waals surface area contributed by atoms with Crippen LogP contribution in [0.2, 0.25) is 0 Å². The van der Waals surface area contributed by atoms with Gasteiger partial charge in [-0.25, -0.2) is 0 Å². The normalized spacial score (nSPS) is 32.1. The number of aliphatic hydroxyl groups excluding tert-OH is 1. The van der Waals surface area contributed by atoms with Crippen LogP contribution in [-0.4, -0.2) is 60.1 Å². The van der Waals surface area contributed by atoms with Crippen LogP contribution in [0.5, 0.6) is 0 Å². The van der Waals surface area contributed by atoms with Crippen molar-refractivity contribution >= 4 is 17.9 Å². The summed E-state index contributed by atoms with van der Waals surface area (Å²) in [5.74, 6) is -1.74. The lowest BCUT2D eigenvalue weighted by Gasteiger charge is -2.42. The molecule has 0 spiro atoms. The summed E-state index contributed by atoms with van der Waals surface area (Å²) in [6.07, 6.45) is -4.82. The molecule has 8 heteroatoms. The van der Waals surface area contributed by atoms with Gasteiger partial charge in [-0.3, -0.25) is 14.4 Å². The lowest BCUT2D eigenvalue weighted by Crippen LogP contribution is -2.60. The van der Waals surface area contributed by atoms with Crippen molar-refractivity contribution < 1.29 is 38.4 Å². The van der Waals surface area contributed by atoms with E-state index in [9.17, 15) is 19.5 Å². The van der Waals surface area contributed by atoms with Gasteiger partial charge in [-0.05, 0) is 6.92 Å². The SMILES string of the molecule is CC(=O)OCC1OC(C)C(OC(C)=O)C(OC(C)=O)C1O. The minimum absolute atomic E-state index is 0.189. The highest BCUT2D eigenvalue weighted by molar-refractivity contribution is 5.67. The third kappa shape index (κ3) is 4.98. The molecule has 1 saturated heterocycles. The summed E-state index contributed by atoms with van der Waals surface area (Å²) < 4.78 is 20.4. The second-order valence-electron chi connectivity index (χ2n) is 4.82. The molecule has 1 aliphatic heterocycles. The van der Waals surface area contributed by atoms with Crippen LogP contribution in [0.25, 0.3) is 0 Å². The molecule has 0 aromatic heterocycles. The molecular weight excluding hydrogens is 284 g/mol. The van der Waals surface area contributed by atoms with Crippen LogP contribution in [0.15, 0.2) is 0 Å². The van der Waals surface area contributed by atoms with Crippen molar-refractivity contribution in [3.63, 3.8) is 0 Å². The van der Waals surface area contributed by atoms with E-state index in [0.717, 1.165) is 0 Å². The van der Waals surface area contributed by atoms with Crippen molar-refractivity contribution in [3.8, 4) is 0 Å². The molecule has 5 unspecified atom stereocenters. The predicted molar refractivity (Wildman–Crippen MR) is 68.1 cm³/mol. The van der Waals surface area contributed by atoms with Crippen LogP contribution < -0.4 is 0 Å². The van der Waals surface area contributed by atoms with E-state index >= 15 is 0 Å². The van der Waals surface area contributed by atoms with Gasteiger partial charge < -0.3 is 24.1 Å². The Kier molecular flexibility index (Phi) is 6.10. The summed E-state index contributed by atoms with van der Waals surface area (Å²) in [4.78, 5) is 33.1. The Bertz CT molecular complexity index is 407. The van der Waals surface area contributed by atoms with Gasteiger partial charge in [0.2, 0.25) is 0 Å². The Labute approximate surface area is 122 Å². The maximum absolute atomic E-state index is 11.2. The van der Waals surface area contributed by atoms with Crippen molar-refractivity contribution in [2.45, 2.75) is 58.2 Å². The molecule has 8 nitrogen and oxygen atoms in total. The molecule has 0 bridgehead atoms. The topological polar surface area (TPSA) is 108 Å². The lowest BCUT2D eigenvalue weighted by atomic mass is 9.95. The molecule has 0 aliphatic carbocycles. The van der Waals surface area contributed by atoms with Crippen molar-refractivity contribution in [3.05, 3.63) is 0 Å². The fourth-order valence-corrected chi connectivity index (χ4v) is 2.13. The highest BCUT2D eigenvalue weighted by atomic mass is 16.6. The van der Waals surface area contributed by atoms with E-state index in [1.165, 1.54) is 20.8 Å². The zero-order valence-electron chi connectivity index (χ0n) is 12.4. The molecule has 0 amide bonds. The molecule has 1 rings (SSSR count). The zero-order chi connectivity index (χ0) is 16.2. The molecule has 0 aromatic carbocycles. The zero-order valence-corrected chi connectivity index (χ0v) is 12.4. The maximum atomic E-state index is 11.2. The summed E-state index contributed by atoms with van der Waals surface area (Å²) in [6.45, 7) is 5.03. The van der Waals surface area contributed by atoms with Gasteiger partial charge in [0, 0.05) is 20.8 Å². The summed E-state index contributed by atoms with van der Waals surface area (Å²) in [7, 11) is 0. The Hall–Kier alpha value is -1.67. The van der Waals surface area contributed by atoms with Crippen LogP contribution >= 0.6 is 0 Å². The third-order valence-electron chi connectivity index (χ3n) is 2.95. The quantitative estimate of drug-likeness (QED) is 0.550. The van der Waals surface area contributed by atoms with Gasteiger partial charge in [-0.15, -0.1) is 0 Å². The van der Waals surface area contributed by atoms with E-state index in [4.69, 9.17) is 18.9 Å². The van der Waals surface area contributed by atoms with Gasteiger partial charge in [0.25, 0.3) is 0 Å². The Morgan fingerprint density at radius 3 is 2.00 bits per heavy atom. The molecule has 1 heterocycles. The van der Waals surface area contributed by atoms with E-state index < -0.39 is 48.4 Å². The summed E-state index contributed by atoms with van der Waals surface area (Å²) in [5.41, 5.74) is 0. The number of carbonyl (C=O) groups excluding carboxylic acids is 3. The van der Waals surface area contributed by atoms with Gasteiger partial charge in [0.15, 0.2) is 12.2 Å². The largest absolute Gasteiger partial charge is 0.463 e.